The fourth-order valence-corrected chi connectivity index (χ4v) is 4.82. The Hall–Kier alpha value is -4.55. The highest BCUT2D eigenvalue weighted by Crippen LogP contribution is 2.42. The number of benzene rings is 2. The Morgan fingerprint density at radius 2 is 0.818 bits per heavy atom. The average Bonchev–Trinajstić information content (AvgIpc) is 2.70. The molecule has 0 atom stereocenters. The molecular weight excluding hydrogens is 471 g/mol. The third kappa shape index (κ3) is 4.42. The molecule has 0 bridgehead atoms. The van der Waals surface area contributed by atoms with Gasteiger partial charge in [-0.25, -0.2) is 28.8 Å². The van der Waals surface area contributed by atoms with E-state index in [1.165, 1.54) is 0 Å². The monoisotopic (exact) mass is 482 g/mol. The van der Waals surface area contributed by atoms with Gasteiger partial charge >= 0.3 is 35.8 Å². The van der Waals surface area contributed by atoms with E-state index >= 15 is 0 Å². The van der Waals surface area contributed by atoms with Crippen LogP contribution in [0, 0.1) is 0 Å². The summed E-state index contributed by atoms with van der Waals surface area (Å²) in [6, 6.07) is 1.37. The molecule has 15 heteroatoms. The molecule has 0 aromatic heterocycles. The molecule has 172 valence electrons. The highest BCUT2D eigenvalue weighted by Gasteiger charge is 2.39. The van der Waals surface area contributed by atoms with Crippen LogP contribution in [0.5, 0.6) is 0 Å². The fourth-order valence-electron chi connectivity index (χ4n) is 2.90. The first-order chi connectivity index (χ1) is 15.1. The van der Waals surface area contributed by atoms with Gasteiger partial charge < -0.3 is 35.5 Å². The summed E-state index contributed by atoms with van der Waals surface area (Å²) < 4.78 is 13.4. The Morgan fingerprint density at radius 1 is 0.515 bits per heavy atom. The number of carboxylic acid groups (broad SMARTS) is 6. The van der Waals surface area contributed by atoms with E-state index in [-0.39, 0.29) is 0 Å². The largest absolute Gasteiger partial charge is 0.478 e. The number of hydrogen-bond donors (Lipinski definition) is 7. The molecule has 14 nitrogen and oxygen atoms in total. The Balaban J connectivity index is 3.17. The van der Waals surface area contributed by atoms with E-state index in [2.05, 4.69) is 0 Å². The molecule has 0 amide bonds. The highest BCUT2D eigenvalue weighted by atomic mass is 31.2. The Bertz CT molecular complexity index is 1220. The Kier molecular flexibility index (Phi) is 6.39. The van der Waals surface area contributed by atoms with Crippen LogP contribution in [0.1, 0.15) is 62.1 Å². The van der Waals surface area contributed by atoms with Gasteiger partial charge in [-0.2, -0.15) is 0 Å². The van der Waals surface area contributed by atoms with Gasteiger partial charge in [0.2, 0.25) is 0 Å². The topological polar surface area (TPSA) is 261 Å². The number of aromatic carboxylic acids is 6. The van der Waals surface area contributed by atoms with E-state index in [0.717, 1.165) is 0 Å². The average molecular weight is 482 g/mol. The number of carbonyl (C=O) groups is 6. The van der Waals surface area contributed by atoms with Crippen molar-refractivity contribution in [2.75, 3.05) is 0 Å². The summed E-state index contributed by atoms with van der Waals surface area (Å²) in [7, 11) is -5.66. The molecule has 0 aliphatic heterocycles. The molecule has 0 heterocycles. The molecule has 2 rings (SSSR count). The second-order valence-electron chi connectivity index (χ2n) is 6.24. The normalized spacial score (nSPS) is 10.9. The van der Waals surface area contributed by atoms with Gasteiger partial charge in [0.05, 0.1) is 44.0 Å². The van der Waals surface area contributed by atoms with Gasteiger partial charge in [0, 0.05) is 0 Å². The molecule has 0 aliphatic rings. The van der Waals surface area contributed by atoms with Crippen LogP contribution in [0.15, 0.2) is 24.3 Å². The van der Waals surface area contributed by atoms with Gasteiger partial charge in [0.1, 0.15) is 0 Å². The molecule has 0 saturated heterocycles. The molecule has 2 aromatic carbocycles. The summed E-state index contributed by atoms with van der Waals surface area (Å²) in [4.78, 5) is 80.0. The molecule has 0 aliphatic carbocycles. The van der Waals surface area contributed by atoms with Gasteiger partial charge in [0.15, 0.2) is 0 Å². The van der Waals surface area contributed by atoms with Crippen LogP contribution in [0.2, 0.25) is 0 Å². The maximum Gasteiger partial charge on any atom is 0.337 e. The minimum atomic E-state index is -5.66. The zero-order valence-corrected chi connectivity index (χ0v) is 16.6. The predicted octanol–water partition coefficient (Wildman–Crippen LogP) is 0.0970. The van der Waals surface area contributed by atoms with E-state index in [9.17, 15) is 68.9 Å². The molecule has 0 fully saturated rings. The first-order valence-corrected chi connectivity index (χ1v) is 9.87. The van der Waals surface area contributed by atoms with Crippen molar-refractivity contribution in [3.8, 4) is 0 Å². The van der Waals surface area contributed by atoms with Crippen molar-refractivity contribution in [1.82, 2.24) is 0 Å². The molecular formula is C18H11O14P. The van der Waals surface area contributed by atoms with Crippen LogP contribution in [-0.4, -0.2) is 71.3 Å². The Labute approximate surface area is 181 Å². The zero-order chi connectivity index (χ0) is 25.4. The predicted molar refractivity (Wildman–Crippen MR) is 104 cm³/mol. The van der Waals surface area contributed by atoms with Crippen molar-refractivity contribution in [2.45, 2.75) is 0 Å². The van der Waals surface area contributed by atoms with Crippen molar-refractivity contribution in [3.05, 3.63) is 57.6 Å². The first-order valence-electron chi connectivity index (χ1n) is 8.21. The number of rotatable bonds is 8. The molecule has 2 aromatic rings. The molecule has 0 radical (unpaired) electrons. The molecule has 0 saturated carbocycles. The van der Waals surface area contributed by atoms with E-state index in [0.29, 0.717) is 24.3 Å². The SMILES string of the molecule is O=C(O)c1cc(C(=O)O)c(C(=O)O)c(P(=O)(O)c2cc(C(=O)O)cc(C(=O)O)c2C(=O)O)c1. The van der Waals surface area contributed by atoms with Crippen molar-refractivity contribution < 1.29 is 68.9 Å². The van der Waals surface area contributed by atoms with Crippen molar-refractivity contribution in [3.63, 3.8) is 0 Å². The lowest BCUT2D eigenvalue weighted by Gasteiger charge is -2.20. The summed E-state index contributed by atoms with van der Waals surface area (Å²) in [5.41, 5.74) is -7.18. The quantitative estimate of drug-likeness (QED) is 0.246. The number of hydrogen-bond acceptors (Lipinski definition) is 7. The summed E-state index contributed by atoms with van der Waals surface area (Å²) in [5, 5.41) is 53.1. The summed E-state index contributed by atoms with van der Waals surface area (Å²) in [6.07, 6.45) is 0. The van der Waals surface area contributed by atoms with Gasteiger partial charge in [-0.15, -0.1) is 0 Å². The second kappa shape index (κ2) is 8.53. The van der Waals surface area contributed by atoms with Crippen molar-refractivity contribution >= 4 is 53.8 Å². The first kappa shape index (κ1) is 24.7. The lowest BCUT2D eigenvalue weighted by molar-refractivity contribution is 0.0650. The highest BCUT2D eigenvalue weighted by molar-refractivity contribution is 7.73. The summed E-state index contributed by atoms with van der Waals surface area (Å²) in [6.45, 7) is 0. The summed E-state index contributed by atoms with van der Waals surface area (Å²) in [5.74, 6) is -11.9. The van der Waals surface area contributed by atoms with E-state index in [4.69, 9.17) is 0 Å². The lowest BCUT2D eigenvalue weighted by Crippen LogP contribution is -2.31. The van der Waals surface area contributed by atoms with Crippen LogP contribution < -0.4 is 10.6 Å². The van der Waals surface area contributed by atoms with Crippen LogP contribution >= 0.6 is 7.37 Å². The molecule has 33 heavy (non-hydrogen) atoms. The van der Waals surface area contributed by atoms with Crippen LogP contribution in [0.25, 0.3) is 0 Å². The van der Waals surface area contributed by atoms with E-state index < -0.39 is 87.2 Å². The third-order valence-electron chi connectivity index (χ3n) is 4.27. The van der Waals surface area contributed by atoms with Gasteiger partial charge in [-0.1, -0.05) is 0 Å². The third-order valence-corrected chi connectivity index (χ3v) is 6.28. The lowest BCUT2D eigenvalue weighted by atomic mass is 10.0. The maximum atomic E-state index is 13.4. The Morgan fingerprint density at radius 3 is 1.03 bits per heavy atom. The minimum Gasteiger partial charge on any atom is -0.478 e. The van der Waals surface area contributed by atoms with Gasteiger partial charge in [-0.05, 0) is 24.3 Å². The molecule has 0 unspecified atom stereocenters. The fraction of sp³-hybridized carbons (Fsp3) is 0. The van der Waals surface area contributed by atoms with Crippen LogP contribution in [0.4, 0.5) is 0 Å². The summed E-state index contributed by atoms with van der Waals surface area (Å²) >= 11 is 0. The smallest absolute Gasteiger partial charge is 0.337 e. The van der Waals surface area contributed by atoms with Crippen molar-refractivity contribution in [1.29, 1.82) is 0 Å². The second-order valence-corrected chi connectivity index (χ2v) is 8.36. The van der Waals surface area contributed by atoms with E-state index in [1.807, 2.05) is 0 Å². The number of carboxylic acids is 6. The van der Waals surface area contributed by atoms with Gasteiger partial charge in [-0.3, -0.25) is 4.57 Å². The zero-order valence-electron chi connectivity index (χ0n) is 15.7. The van der Waals surface area contributed by atoms with Gasteiger partial charge in [0.25, 0.3) is 7.37 Å². The van der Waals surface area contributed by atoms with Crippen LogP contribution in [0.3, 0.4) is 0 Å². The van der Waals surface area contributed by atoms with Crippen molar-refractivity contribution in [2.24, 2.45) is 0 Å². The molecule has 7 N–H and O–H groups in total. The standard InChI is InChI=1S/C18H11O14P/c19-13(20)5-1-7(15(23)24)11(17(27)28)9(3-5)33(31,32)10-4-6(14(21)22)2-8(16(25)26)12(10)18(29)30/h1-4H,(H,19,20)(H,21,22)(H,23,24)(H,25,26)(H,27,28)(H,29,30)(H,31,32). The van der Waals surface area contributed by atoms with Crippen LogP contribution in [-0.2, 0) is 4.57 Å². The minimum absolute atomic E-state index is 0.304. The molecule has 0 spiro atoms. The maximum absolute atomic E-state index is 13.4. The van der Waals surface area contributed by atoms with E-state index in [1.54, 1.807) is 0 Å².